The lowest BCUT2D eigenvalue weighted by atomic mass is 9.98. The molecule has 1 atom stereocenters. The van der Waals surface area contributed by atoms with E-state index >= 15 is 0 Å². The van der Waals surface area contributed by atoms with Crippen molar-refractivity contribution >= 4 is 12.3 Å². The molecule has 0 saturated heterocycles. The monoisotopic (exact) mass is 269 g/mol. The number of benzene rings is 1. The SMILES string of the molecule is Cc1cc(C)c(C(=O)C(OC=O)c2ccccc2)cn1. The Morgan fingerprint density at radius 3 is 2.55 bits per heavy atom. The number of carbonyl (C=O) groups excluding carboxylic acids is 2. The predicted molar refractivity (Wildman–Crippen MR) is 74.4 cm³/mol. The predicted octanol–water partition coefficient (Wildman–Crippen LogP) is 2.80. The maximum Gasteiger partial charge on any atom is 0.294 e. The van der Waals surface area contributed by atoms with Crippen LogP contribution >= 0.6 is 0 Å². The van der Waals surface area contributed by atoms with E-state index in [-0.39, 0.29) is 5.78 Å². The Kier molecular flexibility index (Phi) is 4.25. The lowest BCUT2D eigenvalue weighted by Crippen LogP contribution is -2.17. The van der Waals surface area contributed by atoms with Gasteiger partial charge in [0.2, 0.25) is 5.78 Å². The van der Waals surface area contributed by atoms with Crippen molar-refractivity contribution in [3.63, 3.8) is 0 Å². The lowest BCUT2D eigenvalue weighted by Gasteiger charge is -2.15. The first-order valence-corrected chi connectivity index (χ1v) is 6.25. The van der Waals surface area contributed by atoms with E-state index in [0.717, 1.165) is 11.3 Å². The second-order valence-corrected chi connectivity index (χ2v) is 4.53. The molecule has 1 aromatic carbocycles. The quantitative estimate of drug-likeness (QED) is 0.618. The number of rotatable bonds is 5. The van der Waals surface area contributed by atoms with Crippen LogP contribution in [0.3, 0.4) is 0 Å². The molecule has 0 aliphatic carbocycles. The van der Waals surface area contributed by atoms with Gasteiger partial charge in [0.15, 0.2) is 6.10 Å². The number of Topliss-reactive ketones (excluding diaryl/α,β-unsaturated/α-hetero) is 1. The lowest BCUT2D eigenvalue weighted by molar-refractivity contribution is -0.132. The number of ether oxygens (including phenoxy) is 1. The Bertz CT molecular complexity index is 623. The number of hydrogen-bond donors (Lipinski definition) is 0. The molecule has 20 heavy (non-hydrogen) atoms. The minimum atomic E-state index is -0.933. The van der Waals surface area contributed by atoms with Crippen LogP contribution in [0.2, 0.25) is 0 Å². The van der Waals surface area contributed by atoms with Crippen LogP contribution in [-0.2, 0) is 9.53 Å². The summed E-state index contributed by atoms with van der Waals surface area (Å²) in [5.41, 5.74) is 2.76. The maximum atomic E-state index is 12.5. The molecule has 1 aromatic heterocycles. The second-order valence-electron chi connectivity index (χ2n) is 4.53. The third kappa shape index (κ3) is 2.91. The van der Waals surface area contributed by atoms with Gasteiger partial charge >= 0.3 is 0 Å². The summed E-state index contributed by atoms with van der Waals surface area (Å²) in [6.45, 7) is 4.00. The van der Waals surface area contributed by atoms with Gasteiger partial charge in [0.25, 0.3) is 6.47 Å². The van der Waals surface area contributed by atoms with E-state index in [2.05, 4.69) is 4.98 Å². The van der Waals surface area contributed by atoms with Crippen LogP contribution in [0.5, 0.6) is 0 Å². The highest BCUT2D eigenvalue weighted by molar-refractivity contribution is 6.01. The van der Waals surface area contributed by atoms with Crippen molar-refractivity contribution in [2.75, 3.05) is 0 Å². The smallest absolute Gasteiger partial charge is 0.294 e. The van der Waals surface area contributed by atoms with Crippen LogP contribution in [-0.4, -0.2) is 17.2 Å². The van der Waals surface area contributed by atoms with Crippen molar-refractivity contribution < 1.29 is 14.3 Å². The summed E-state index contributed by atoms with van der Waals surface area (Å²) >= 11 is 0. The number of hydrogen-bond acceptors (Lipinski definition) is 4. The first-order valence-electron chi connectivity index (χ1n) is 6.25. The molecule has 0 amide bonds. The number of ketones is 1. The number of carbonyl (C=O) groups is 2. The molecule has 0 aliphatic rings. The van der Waals surface area contributed by atoms with Gasteiger partial charge in [0, 0.05) is 23.0 Å². The van der Waals surface area contributed by atoms with Gasteiger partial charge < -0.3 is 4.74 Å². The van der Waals surface area contributed by atoms with Crippen LogP contribution in [0.25, 0.3) is 0 Å². The van der Waals surface area contributed by atoms with Crippen molar-refractivity contribution in [2.24, 2.45) is 0 Å². The average Bonchev–Trinajstić information content (AvgIpc) is 2.45. The molecule has 4 nitrogen and oxygen atoms in total. The van der Waals surface area contributed by atoms with Gasteiger partial charge in [-0.3, -0.25) is 14.6 Å². The summed E-state index contributed by atoms with van der Waals surface area (Å²) in [5.74, 6) is -0.270. The van der Waals surface area contributed by atoms with Gasteiger partial charge in [-0.05, 0) is 25.5 Å². The fourth-order valence-electron chi connectivity index (χ4n) is 2.07. The van der Waals surface area contributed by atoms with Crippen LogP contribution in [0.1, 0.15) is 33.3 Å². The Morgan fingerprint density at radius 1 is 1.25 bits per heavy atom. The molecule has 0 spiro atoms. The fourth-order valence-corrected chi connectivity index (χ4v) is 2.07. The molecule has 0 radical (unpaired) electrons. The van der Waals surface area contributed by atoms with Crippen LogP contribution in [0.15, 0.2) is 42.6 Å². The third-order valence-electron chi connectivity index (χ3n) is 3.05. The summed E-state index contributed by atoms with van der Waals surface area (Å²) in [6.07, 6.45) is 0.591. The molecule has 1 heterocycles. The highest BCUT2D eigenvalue weighted by Crippen LogP contribution is 2.23. The van der Waals surface area contributed by atoms with Crippen molar-refractivity contribution in [3.8, 4) is 0 Å². The summed E-state index contributed by atoms with van der Waals surface area (Å²) in [5, 5.41) is 0. The Hall–Kier alpha value is -2.49. The zero-order valence-corrected chi connectivity index (χ0v) is 11.4. The highest BCUT2D eigenvalue weighted by atomic mass is 16.5. The number of aryl methyl sites for hydroxylation is 2. The van der Waals surface area contributed by atoms with Crippen LogP contribution < -0.4 is 0 Å². The van der Waals surface area contributed by atoms with Crippen molar-refractivity contribution in [2.45, 2.75) is 20.0 Å². The molecule has 2 aromatic rings. The maximum absolute atomic E-state index is 12.5. The van der Waals surface area contributed by atoms with Gasteiger partial charge in [-0.2, -0.15) is 0 Å². The van der Waals surface area contributed by atoms with E-state index in [1.54, 1.807) is 24.3 Å². The molecule has 1 unspecified atom stereocenters. The molecule has 2 rings (SSSR count). The molecular formula is C16H15NO3. The van der Waals surface area contributed by atoms with Crippen molar-refractivity contribution in [3.05, 3.63) is 65.0 Å². The number of nitrogens with zero attached hydrogens (tertiary/aromatic N) is 1. The van der Waals surface area contributed by atoms with E-state index in [1.165, 1.54) is 6.20 Å². The average molecular weight is 269 g/mol. The molecule has 0 fully saturated rings. The van der Waals surface area contributed by atoms with Crippen LogP contribution in [0, 0.1) is 13.8 Å². The number of aromatic nitrogens is 1. The van der Waals surface area contributed by atoms with E-state index in [4.69, 9.17) is 4.74 Å². The largest absolute Gasteiger partial charge is 0.451 e. The molecule has 0 aliphatic heterocycles. The number of pyridine rings is 1. The molecule has 0 bridgehead atoms. The molecule has 0 N–H and O–H groups in total. The first-order chi connectivity index (χ1) is 9.63. The summed E-state index contributed by atoms with van der Waals surface area (Å²) in [6, 6.07) is 10.8. The standard InChI is InChI=1S/C16H15NO3/c1-11-8-12(2)17-9-14(11)15(19)16(20-10-18)13-6-4-3-5-7-13/h3-10,16H,1-2H3. The Labute approximate surface area is 117 Å². The van der Waals surface area contributed by atoms with Gasteiger partial charge in [-0.1, -0.05) is 30.3 Å². The third-order valence-corrected chi connectivity index (χ3v) is 3.05. The van der Waals surface area contributed by atoms with Gasteiger partial charge in [0.1, 0.15) is 0 Å². The van der Waals surface area contributed by atoms with E-state index in [1.807, 2.05) is 26.0 Å². The Morgan fingerprint density at radius 2 is 1.95 bits per heavy atom. The van der Waals surface area contributed by atoms with Gasteiger partial charge in [-0.15, -0.1) is 0 Å². The van der Waals surface area contributed by atoms with Gasteiger partial charge in [-0.25, -0.2) is 0 Å². The molecule has 4 heteroatoms. The van der Waals surface area contributed by atoms with E-state index < -0.39 is 6.10 Å². The van der Waals surface area contributed by atoms with Gasteiger partial charge in [0.05, 0.1) is 0 Å². The highest BCUT2D eigenvalue weighted by Gasteiger charge is 2.24. The van der Waals surface area contributed by atoms with Crippen molar-refractivity contribution in [1.82, 2.24) is 4.98 Å². The topological polar surface area (TPSA) is 56.3 Å². The fraction of sp³-hybridized carbons (Fsp3) is 0.188. The van der Waals surface area contributed by atoms with E-state index in [0.29, 0.717) is 17.6 Å². The molecule has 102 valence electrons. The second kappa shape index (κ2) is 6.10. The Balaban J connectivity index is 2.39. The minimum Gasteiger partial charge on any atom is -0.451 e. The summed E-state index contributed by atoms with van der Waals surface area (Å²) in [4.78, 5) is 27.3. The normalized spacial score (nSPS) is 11.7. The zero-order chi connectivity index (χ0) is 14.5. The molecular weight excluding hydrogens is 254 g/mol. The minimum absolute atomic E-state index is 0.270. The van der Waals surface area contributed by atoms with E-state index in [9.17, 15) is 9.59 Å². The zero-order valence-electron chi connectivity index (χ0n) is 11.4. The summed E-state index contributed by atoms with van der Waals surface area (Å²) < 4.78 is 4.97. The first kappa shape index (κ1) is 13.9. The molecule has 0 saturated carbocycles. The summed E-state index contributed by atoms with van der Waals surface area (Å²) in [7, 11) is 0. The van der Waals surface area contributed by atoms with Crippen LogP contribution in [0.4, 0.5) is 0 Å². The van der Waals surface area contributed by atoms with Crippen molar-refractivity contribution in [1.29, 1.82) is 0 Å².